The van der Waals surface area contributed by atoms with Gasteiger partial charge in [0, 0.05) is 60.4 Å². The minimum atomic E-state index is -0.355. The molecule has 2 heterocycles. The van der Waals surface area contributed by atoms with Crippen molar-refractivity contribution in [2.75, 3.05) is 18.4 Å². The number of anilines is 1. The second-order valence-electron chi connectivity index (χ2n) is 6.10. The van der Waals surface area contributed by atoms with E-state index in [1.165, 1.54) is 12.3 Å². The molecular formula is C19H21ClN4O2. The summed E-state index contributed by atoms with van der Waals surface area (Å²) >= 11 is 6.01. The second kappa shape index (κ2) is 8.21. The normalized spacial score (nSPS) is 11.0. The minimum Gasteiger partial charge on any atom is -0.503 e. The Labute approximate surface area is 156 Å². The van der Waals surface area contributed by atoms with E-state index in [-0.39, 0.29) is 11.2 Å². The van der Waals surface area contributed by atoms with Crippen LogP contribution in [-0.4, -0.2) is 27.7 Å². The highest BCUT2D eigenvalue weighted by atomic mass is 35.5. The van der Waals surface area contributed by atoms with E-state index in [1.807, 2.05) is 24.3 Å². The van der Waals surface area contributed by atoms with Crippen LogP contribution in [0.4, 0.5) is 5.69 Å². The van der Waals surface area contributed by atoms with Crippen LogP contribution in [0, 0.1) is 0 Å². The van der Waals surface area contributed by atoms with Crippen molar-refractivity contribution in [3.8, 4) is 5.75 Å². The first-order valence-electron chi connectivity index (χ1n) is 8.42. The Morgan fingerprint density at radius 1 is 1.23 bits per heavy atom. The van der Waals surface area contributed by atoms with E-state index in [0.717, 1.165) is 41.8 Å². The predicted molar refractivity (Wildman–Crippen MR) is 105 cm³/mol. The lowest BCUT2D eigenvalue weighted by molar-refractivity contribution is 0.461. The Bertz CT molecular complexity index is 971. The summed E-state index contributed by atoms with van der Waals surface area (Å²) in [4.78, 5) is 15.8. The van der Waals surface area contributed by atoms with Crippen LogP contribution in [0.2, 0.25) is 5.02 Å². The minimum absolute atomic E-state index is 0.230. The average Bonchev–Trinajstić information content (AvgIpc) is 2.61. The van der Waals surface area contributed by atoms with E-state index >= 15 is 0 Å². The fourth-order valence-corrected chi connectivity index (χ4v) is 2.93. The van der Waals surface area contributed by atoms with Crippen molar-refractivity contribution >= 4 is 28.2 Å². The SMILES string of the molecule is Cn1cc(O)c(=O)cc1CNCCCNc1ccnc2cc(Cl)ccc12. The van der Waals surface area contributed by atoms with E-state index in [9.17, 15) is 9.90 Å². The van der Waals surface area contributed by atoms with Crippen LogP contribution in [0.25, 0.3) is 10.9 Å². The molecule has 0 unspecified atom stereocenters. The number of aromatic hydroxyl groups is 1. The lowest BCUT2D eigenvalue weighted by Crippen LogP contribution is -2.21. The Morgan fingerprint density at radius 2 is 2.08 bits per heavy atom. The van der Waals surface area contributed by atoms with Crippen LogP contribution in [0.5, 0.6) is 5.75 Å². The number of hydrogen-bond acceptors (Lipinski definition) is 5. The van der Waals surface area contributed by atoms with Gasteiger partial charge in [0.1, 0.15) is 0 Å². The van der Waals surface area contributed by atoms with Gasteiger partial charge in [-0.1, -0.05) is 11.6 Å². The van der Waals surface area contributed by atoms with Gasteiger partial charge in [-0.15, -0.1) is 0 Å². The van der Waals surface area contributed by atoms with Crippen LogP contribution in [0.15, 0.2) is 47.5 Å². The van der Waals surface area contributed by atoms with E-state index in [4.69, 9.17) is 11.6 Å². The summed E-state index contributed by atoms with van der Waals surface area (Å²) in [5.41, 5.74) is 2.38. The Balaban J connectivity index is 1.48. The summed E-state index contributed by atoms with van der Waals surface area (Å²) in [7, 11) is 1.80. The van der Waals surface area contributed by atoms with Gasteiger partial charge in [-0.2, -0.15) is 0 Å². The van der Waals surface area contributed by atoms with E-state index in [0.29, 0.717) is 11.6 Å². The first-order valence-corrected chi connectivity index (χ1v) is 8.80. The smallest absolute Gasteiger partial charge is 0.223 e. The zero-order chi connectivity index (χ0) is 18.5. The highest BCUT2D eigenvalue weighted by molar-refractivity contribution is 6.31. The third-order valence-corrected chi connectivity index (χ3v) is 4.41. The van der Waals surface area contributed by atoms with Crippen molar-refractivity contribution in [1.29, 1.82) is 0 Å². The molecule has 0 aliphatic carbocycles. The molecule has 136 valence electrons. The second-order valence-corrected chi connectivity index (χ2v) is 6.54. The number of pyridine rings is 2. The van der Waals surface area contributed by atoms with Gasteiger partial charge in [0.25, 0.3) is 0 Å². The van der Waals surface area contributed by atoms with Crippen molar-refractivity contribution in [2.24, 2.45) is 7.05 Å². The number of fused-ring (bicyclic) bond motifs is 1. The van der Waals surface area contributed by atoms with Crippen molar-refractivity contribution in [3.05, 3.63) is 63.7 Å². The maximum absolute atomic E-state index is 11.5. The van der Waals surface area contributed by atoms with Crippen LogP contribution >= 0.6 is 11.6 Å². The lowest BCUT2D eigenvalue weighted by Gasteiger charge is -2.11. The van der Waals surface area contributed by atoms with Gasteiger partial charge in [0.15, 0.2) is 5.75 Å². The van der Waals surface area contributed by atoms with Gasteiger partial charge >= 0.3 is 0 Å². The summed E-state index contributed by atoms with van der Waals surface area (Å²) in [6.45, 7) is 2.18. The molecule has 7 heteroatoms. The third kappa shape index (κ3) is 4.33. The maximum Gasteiger partial charge on any atom is 0.223 e. The average molecular weight is 373 g/mol. The molecule has 0 amide bonds. The standard InChI is InChI=1S/C19H21ClN4O2/c1-24-12-19(26)18(25)10-14(24)11-21-6-2-7-22-16-5-8-23-17-9-13(20)3-4-15(16)17/h3-5,8-10,12,21,26H,2,6-7,11H2,1H3,(H,22,23). The molecule has 0 aliphatic rings. The number of benzene rings is 1. The fraction of sp³-hybridized carbons (Fsp3) is 0.263. The van der Waals surface area contributed by atoms with Crippen molar-refractivity contribution in [2.45, 2.75) is 13.0 Å². The molecule has 0 saturated heterocycles. The number of aromatic nitrogens is 2. The van der Waals surface area contributed by atoms with Crippen LogP contribution in [0.1, 0.15) is 12.1 Å². The van der Waals surface area contributed by atoms with Crippen molar-refractivity contribution in [3.63, 3.8) is 0 Å². The molecule has 26 heavy (non-hydrogen) atoms. The molecule has 1 aromatic carbocycles. The van der Waals surface area contributed by atoms with Gasteiger partial charge < -0.3 is 20.3 Å². The van der Waals surface area contributed by atoms with Crippen LogP contribution < -0.4 is 16.1 Å². The van der Waals surface area contributed by atoms with E-state index in [2.05, 4.69) is 15.6 Å². The molecule has 0 spiro atoms. The number of nitrogens with zero attached hydrogens (tertiary/aromatic N) is 2. The summed E-state index contributed by atoms with van der Waals surface area (Å²) in [5, 5.41) is 17.8. The molecule has 3 N–H and O–H groups in total. The van der Waals surface area contributed by atoms with Gasteiger partial charge in [0.05, 0.1) is 5.52 Å². The van der Waals surface area contributed by atoms with Crippen LogP contribution in [-0.2, 0) is 13.6 Å². The number of hydrogen-bond donors (Lipinski definition) is 3. The van der Waals surface area contributed by atoms with E-state index < -0.39 is 0 Å². The number of aryl methyl sites for hydroxylation is 1. The van der Waals surface area contributed by atoms with Crippen LogP contribution in [0.3, 0.4) is 0 Å². The summed E-state index contributed by atoms with van der Waals surface area (Å²) in [5.74, 6) is -0.230. The Morgan fingerprint density at radius 3 is 2.92 bits per heavy atom. The molecule has 0 fully saturated rings. The fourth-order valence-electron chi connectivity index (χ4n) is 2.76. The maximum atomic E-state index is 11.5. The van der Waals surface area contributed by atoms with Gasteiger partial charge in [-0.25, -0.2) is 0 Å². The topological polar surface area (TPSA) is 79.2 Å². The molecule has 0 atom stereocenters. The zero-order valence-corrected chi connectivity index (χ0v) is 15.3. The molecule has 3 rings (SSSR count). The molecule has 6 nitrogen and oxygen atoms in total. The Kier molecular flexibility index (Phi) is 5.75. The molecular weight excluding hydrogens is 352 g/mol. The lowest BCUT2D eigenvalue weighted by atomic mass is 10.2. The zero-order valence-electron chi connectivity index (χ0n) is 14.5. The number of halogens is 1. The predicted octanol–water partition coefficient (Wildman–Crippen LogP) is 2.88. The molecule has 0 saturated carbocycles. The summed E-state index contributed by atoms with van der Waals surface area (Å²) in [6, 6.07) is 9.09. The quantitative estimate of drug-likeness (QED) is 0.556. The third-order valence-electron chi connectivity index (χ3n) is 4.18. The summed E-state index contributed by atoms with van der Waals surface area (Å²) in [6.07, 6.45) is 4.12. The molecule has 2 aromatic heterocycles. The van der Waals surface area contributed by atoms with Gasteiger partial charge in [-0.3, -0.25) is 9.78 Å². The molecule has 3 aromatic rings. The summed E-state index contributed by atoms with van der Waals surface area (Å²) < 4.78 is 1.75. The highest BCUT2D eigenvalue weighted by Gasteiger charge is 2.04. The first-order chi connectivity index (χ1) is 12.5. The molecule has 0 aliphatic heterocycles. The monoisotopic (exact) mass is 372 g/mol. The first kappa shape index (κ1) is 18.2. The van der Waals surface area contributed by atoms with E-state index in [1.54, 1.807) is 17.8 Å². The number of nitrogens with one attached hydrogen (secondary N) is 2. The number of rotatable bonds is 7. The molecule has 0 bridgehead atoms. The van der Waals surface area contributed by atoms with Gasteiger partial charge in [-0.05, 0) is 37.2 Å². The highest BCUT2D eigenvalue weighted by Crippen LogP contribution is 2.24. The molecule has 0 radical (unpaired) electrons. The van der Waals surface area contributed by atoms with Crippen molar-refractivity contribution in [1.82, 2.24) is 14.9 Å². The van der Waals surface area contributed by atoms with Crippen molar-refractivity contribution < 1.29 is 5.11 Å². The Hall–Kier alpha value is -2.57. The largest absolute Gasteiger partial charge is 0.503 e. The van der Waals surface area contributed by atoms with Gasteiger partial charge in [0.2, 0.25) is 5.43 Å².